The lowest BCUT2D eigenvalue weighted by molar-refractivity contribution is -0.173. The van der Waals surface area contributed by atoms with E-state index in [4.69, 9.17) is 9.47 Å². The zero-order valence-corrected chi connectivity index (χ0v) is 18.0. The summed E-state index contributed by atoms with van der Waals surface area (Å²) in [6, 6.07) is 20.3. The van der Waals surface area contributed by atoms with Crippen LogP contribution in [0.15, 0.2) is 66.7 Å². The number of nitrogens with zero attached hydrogens (tertiary/aromatic N) is 1. The minimum absolute atomic E-state index is 0.0139. The maximum atomic E-state index is 12.5. The van der Waals surface area contributed by atoms with Crippen LogP contribution in [0.5, 0.6) is 5.75 Å². The summed E-state index contributed by atoms with van der Waals surface area (Å²) in [6.07, 6.45) is -4.98. The highest BCUT2D eigenvalue weighted by atomic mass is 19.4. The normalized spacial score (nSPS) is 10.8. The Morgan fingerprint density at radius 1 is 1.00 bits per heavy atom. The van der Waals surface area contributed by atoms with Crippen LogP contribution in [0.1, 0.15) is 27.0 Å². The van der Waals surface area contributed by atoms with E-state index < -0.39 is 18.1 Å². The summed E-state index contributed by atoms with van der Waals surface area (Å²) >= 11 is 0. The Morgan fingerprint density at radius 2 is 1.76 bits per heavy atom. The van der Waals surface area contributed by atoms with Crippen LogP contribution in [0.2, 0.25) is 0 Å². The average molecular weight is 468 g/mol. The van der Waals surface area contributed by atoms with E-state index in [0.717, 1.165) is 0 Å². The smallest absolute Gasteiger partial charge is 0.471 e. The van der Waals surface area contributed by atoms with Gasteiger partial charge >= 0.3 is 18.1 Å². The number of benzene rings is 3. The molecule has 0 radical (unpaired) electrons. The molecule has 1 amide bonds. The van der Waals surface area contributed by atoms with Crippen molar-refractivity contribution in [3.63, 3.8) is 0 Å². The fourth-order valence-electron chi connectivity index (χ4n) is 3.17. The molecule has 3 rings (SSSR count). The van der Waals surface area contributed by atoms with E-state index in [1.54, 1.807) is 60.7 Å². The number of halogens is 3. The first-order valence-electron chi connectivity index (χ1n) is 10.00. The van der Waals surface area contributed by atoms with Crippen molar-refractivity contribution < 1.29 is 32.2 Å². The SMILES string of the molecule is COC(=O)c1cc(COc2ccccc2CNC(=O)C(F)(F)F)cc(-c2cccc(C#N)c2)c1. The molecule has 174 valence electrons. The number of hydrogen-bond acceptors (Lipinski definition) is 5. The first-order valence-corrected chi connectivity index (χ1v) is 10.00. The number of para-hydroxylation sites is 1. The molecule has 0 aliphatic carbocycles. The second-order valence-electron chi connectivity index (χ2n) is 7.18. The van der Waals surface area contributed by atoms with E-state index >= 15 is 0 Å². The number of alkyl halides is 3. The molecular weight excluding hydrogens is 449 g/mol. The molecule has 9 heteroatoms. The molecule has 34 heavy (non-hydrogen) atoms. The number of rotatable bonds is 7. The summed E-state index contributed by atoms with van der Waals surface area (Å²) in [4.78, 5) is 23.3. The molecule has 0 aromatic heterocycles. The fraction of sp³-hybridized carbons (Fsp3) is 0.160. The third-order valence-electron chi connectivity index (χ3n) is 4.80. The lowest BCUT2D eigenvalue weighted by atomic mass is 9.98. The van der Waals surface area contributed by atoms with Crippen molar-refractivity contribution in [3.8, 4) is 22.9 Å². The number of ether oxygens (including phenoxy) is 2. The number of hydrogen-bond donors (Lipinski definition) is 1. The van der Waals surface area contributed by atoms with E-state index in [1.807, 2.05) is 5.32 Å². The molecule has 0 heterocycles. The van der Waals surface area contributed by atoms with Crippen molar-refractivity contribution in [2.24, 2.45) is 0 Å². The Kier molecular flexibility index (Phi) is 7.53. The Morgan fingerprint density at radius 3 is 2.47 bits per heavy atom. The molecule has 1 N–H and O–H groups in total. The van der Waals surface area contributed by atoms with Crippen LogP contribution in [0.4, 0.5) is 13.2 Å². The predicted octanol–water partition coefficient (Wildman–Crippen LogP) is 4.77. The first-order chi connectivity index (χ1) is 16.2. The van der Waals surface area contributed by atoms with Gasteiger partial charge in [-0.1, -0.05) is 30.3 Å². The fourth-order valence-corrected chi connectivity index (χ4v) is 3.17. The summed E-state index contributed by atoms with van der Waals surface area (Å²) in [5, 5.41) is 11.0. The van der Waals surface area contributed by atoms with Gasteiger partial charge in [-0.3, -0.25) is 4.79 Å². The van der Waals surface area contributed by atoms with Gasteiger partial charge in [0.25, 0.3) is 0 Å². The first kappa shape index (κ1) is 24.3. The summed E-state index contributed by atoms with van der Waals surface area (Å²) in [6.45, 7) is -0.386. The monoisotopic (exact) mass is 468 g/mol. The van der Waals surface area contributed by atoms with Crippen LogP contribution in [0.3, 0.4) is 0 Å². The zero-order valence-electron chi connectivity index (χ0n) is 18.0. The van der Waals surface area contributed by atoms with Crippen LogP contribution < -0.4 is 10.1 Å². The second kappa shape index (κ2) is 10.5. The van der Waals surface area contributed by atoms with E-state index in [0.29, 0.717) is 27.8 Å². The molecule has 3 aromatic carbocycles. The summed E-state index contributed by atoms with van der Waals surface area (Å²) in [5.41, 5.74) is 3.03. The van der Waals surface area contributed by atoms with E-state index in [-0.39, 0.29) is 24.5 Å². The van der Waals surface area contributed by atoms with Gasteiger partial charge in [0.2, 0.25) is 0 Å². The number of nitriles is 1. The minimum Gasteiger partial charge on any atom is -0.489 e. The lowest BCUT2D eigenvalue weighted by Gasteiger charge is -2.14. The van der Waals surface area contributed by atoms with Crippen molar-refractivity contribution >= 4 is 11.9 Å². The maximum absolute atomic E-state index is 12.5. The number of methoxy groups -OCH3 is 1. The molecule has 0 saturated heterocycles. The van der Waals surface area contributed by atoms with Gasteiger partial charge in [-0.05, 0) is 53.1 Å². The molecule has 0 aliphatic heterocycles. The van der Waals surface area contributed by atoms with Gasteiger partial charge < -0.3 is 14.8 Å². The van der Waals surface area contributed by atoms with Gasteiger partial charge in [0, 0.05) is 12.1 Å². The van der Waals surface area contributed by atoms with Gasteiger partial charge in [0.1, 0.15) is 12.4 Å². The van der Waals surface area contributed by atoms with Gasteiger partial charge in [-0.2, -0.15) is 18.4 Å². The van der Waals surface area contributed by atoms with Crippen LogP contribution in [-0.4, -0.2) is 25.2 Å². The van der Waals surface area contributed by atoms with Crippen LogP contribution in [-0.2, 0) is 22.7 Å². The molecule has 0 spiro atoms. The molecule has 0 fully saturated rings. The Bertz CT molecular complexity index is 1250. The van der Waals surface area contributed by atoms with Crippen molar-refractivity contribution in [3.05, 3.63) is 89.0 Å². The lowest BCUT2D eigenvalue weighted by Crippen LogP contribution is -2.36. The number of nitrogens with one attached hydrogen (secondary N) is 1. The van der Waals surface area contributed by atoms with Crippen molar-refractivity contribution in [1.82, 2.24) is 5.32 Å². The summed E-state index contributed by atoms with van der Waals surface area (Å²) < 4.78 is 48.1. The van der Waals surface area contributed by atoms with Gasteiger partial charge in [0.15, 0.2) is 0 Å². The highest BCUT2D eigenvalue weighted by Crippen LogP contribution is 2.26. The summed E-state index contributed by atoms with van der Waals surface area (Å²) in [7, 11) is 1.26. The number of carbonyl (C=O) groups is 2. The van der Waals surface area contributed by atoms with Gasteiger partial charge in [-0.15, -0.1) is 0 Å². The topological polar surface area (TPSA) is 88.4 Å². The largest absolute Gasteiger partial charge is 0.489 e. The van der Waals surface area contributed by atoms with Crippen molar-refractivity contribution in [2.75, 3.05) is 7.11 Å². The Labute approximate surface area is 193 Å². The zero-order chi connectivity index (χ0) is 24.7. The Hall–Kier alpha value is -4.32. The third kappa shape index (κ3) is 6.13. The van der Waals surface area contributed by atoms with Crippen molar-refractivity contribution in [1.29, 1.82) is 5.26 Å². The van der Waals surface area contributed by atoms with Crippen LogP contribution in [0, 0.1) is 11.3 Å². The molecule has 0 saturated carbocycles. The Balaban J connectivity index is 1.85. The second-order valence-corrected chi connectivity index (χ2v) is 7.18. The molecule has 0 bridgehead atoms. The van der Waals surface area contributed by atoms with Crippen LogP contribution >= 0.6 is 0 Å². The highest BCUT2D eigenvalue weighted by Gasteiger charge is 2.38. The van der Waals surface area contributed by atoms with E-state index in [1.165, 1.54) is 13.2 Å². The molecule has 0 atom stereocenters. The quantitative estimate of drug-likeness (QED) is 0.505. The maximum Gasteiger partial charge on any atom is 0.471 e. The standard InChI is InChI=1S/C25H19F3N2O4/c1-33-23(31)21-11-17(10-20(12-21)18-7-4-5-16(9-18)13-29)15-34-22-8-3-2-6-19(22)14-30-24(32)25(26,27)28/h2-12H,14-15H2,1H3,(H,30,32). The van der Waals surface area contributed by atoms with Crippen LogP contribution in [0.25, 0.3) is 11.1 Å². The average Bonchev–Trinajstić information content (AvgIpc) is 2.85. The predicted molar refractivity (Wildman–Crippen MR) is 117 cm³/mol. The van der Waals surface area contributed by atoms with E-state index in [2.05, 4.69) is 6.07 Å². The van der Waals surface area contributed by atoms with Gasteiger partial charge in [0.05, 0.1) is 24.3 Å². The highest BCUT2D eigenvalue weighted by molar-refractivity contribution is 5.91. The molecule has 3 aromatic rings. The molecule has 0 unspecified atom stereocenters. The van der Waals surface area contributed by atoms with Crippen molar-refractivity contribution in [2.45, 2.75) is 19.3 Å². The minimum atomic E-state index is -4.98. The molecule has 0 aliphatic rings. The molecular formula is C25H19F3N2O4. The number of esters is 1. The molecule has 6 nitrogen and oxygen atoms in total. The van der Waals surface area contributed by atoms with Gasteiger partial charge in [-0.25, -0.2) is 4.79 Å². The number of amides is 1. The number of carbonyl (C=O) groups excluding carboxylic acids is 2. The summed E-state index contributed by atoms with van der Waals surface area (Å²) in [5.74, 6) is -2.33. The third-order valence-corrected chi connectivity index (χ3v) is 4.80. The van der Waals surface area contributed by atoms with E-state index in [9.17, 15) is 28.0 Å².